The summed E-state index contributed by atoms with van der Waals surface area (Å²) < 4.78 is 1.89. The molecule has 140 valence electrons. The van der Waals surface area contributed by atoms with Crippen LogP contribution in [-0.4, -0.2) is 25.0 Å². The number of fused-ring (bicyclic) bond motifs is 2. The van der Waals surface area contributed by atoms with Gasteiger partial charge in [-0.15, -0.1) is 5.10 Å². The van der Waals surface area contributed by atoms with Crippen LogP contribution >= 0.6 is 0 Å². The van der Waals surface area contributed by atoms with E-state index in [0.717, 1.165) is 33.4 Å². The lowest BCUT2D eigenvalue weighted by Crippen LogP contribution is -2.03. The number of nitrogens with zero attached hydrogens (tertiary/aromatic N) is 4. The second kappa shape index (κ2) is 6.57. The van der Waals surface area contributed by atoms with Crippen molar-refractivity contribution in [2.75, 3.05) is 0 Å². The smallest absolute Gasteiger partial charge is 0.241 e. The molecule has 0 spiro atoms. The van der Waals surface area contributed by atoms with E-state index in [1.807, 2.05) is 53.2 Å². The molecule has 6 nitrogen and oxygen atoms in total. The zero-order chi connectivity index (χ0) is 20.0. The van der Waals surface area contributed by atoms with E-state index in [1.54, 1.807) is 0 Å². The zero-order valence-corrected chi connectivity index (χ0v) is 16.0. The van der Waals surface area contributed by atoms with Gasteiger partial charge in [0.2, 0.25) is 5.43 Å². The fourth-order valence-electron chi connectivity index (χ4n) is 3.52. The largest absolute Gasteiger partial charge is 0.298 e. The maximum atomic E-state index is 12.4. The molecule has 0 saturated carbocycles. The minimum atomic E-state index is -0.234. The van der Waals surface area contributed by atoms with Crippen LogP contribution in [0.4, 0.5) is 0 Å². The molecule has 2 aromatic carbocycles. The molecule has 5 rings (SSSR count). The van der Waals surface area contributed by atoms with Crippen molar-refractivity contribution in [1.82, 2.24) is 25.0 Å². The third kappa shape index (κ3) is 2.84. The monoisotopic (exact) mass is 379 g/mol. The van der Waals surface area contributed by atoms with Crippen LogP contribution in [0.5, 0.6) is 0 Å². The number of pyridine rings is 1. The predicted molar refractivity (Wildman–Crippen MR) is 112 cm³/mol. The fraction of sp³-hybridized carbons (Fsp3) is 0.130. The van der Waals surface area contributed by atoms with Gasteiger partial charge in [0, 0.05) is 29.4 Å². The molecule has 1 N–H and O–H groups in total. The van der Waals surface area contributed by atoms with Gasteiger partial charge in [0.1, 0.15) is 11.2 Å². The second-order valence-corrected chi connectivity index (χ2v) is 7.18. The summed E-state index contributed by atoms with van der Waals surface area (Å²) in [7, 11) is 0. The van der Waals surface area contributed by atoms with Gasteiger partial charge in [-0.3, -0.25) is 9.78 Å². The van der Waals surface area contributed by atoms with Crippen molar-refractivity contribution in [2.45, 2.75) is 19.9 Å². The standard InChI is InChI=1S/C23H17N5O/c1-14(2)28-20-12-16(8-9-19(20)26-27-28)17-13-18-21(29)10-11-24-23(18)25-22(17)15-6-4-3-5-7-15/h3-9,12-14H,1-2H3,(H,24,25). The molecule has 0 unspecified atom stereocenters. The van der Waals surface area contributed by atoms with Crippen molar-refractivity contribution in [2.24, 2.45) is 0 Å². The van der Waals surface area contributed by atoms with Gasteiger partial charge in [0.25, 0.3) is 0 Å². The Morgan fingerprint density at radius 3 is 2.66 bits per heavy atom. The predicted octanol–water partition coefficient (Wildman–Crippen LogP) is 4.18. The van der Waals surface area contributed by atoms with Crippen LogP contribution in [0.15, 0.2) is 59.4 Å². The Bertz CT molecular complexity index is 1400. The number of H-pyrrole nitrogens is 1. The number of aromatic nitrogens is 5. The van der Waals surface area contributed by atoms with E-state index < -0.39 is 0 Å². The first-order valence-electron chi connectivity index (χ1n) is 9.39. The van der Waals surface area contributed by atoms with E-state index >= 15 is 0 Å². The summed E-state index contributed by atoms with van der Waals surface area (Å²) in [5.41, 5.74) is 5.60. The molecule has 0 amide bonds. The van der Waals surface area contributed by atoms with Crippen LogP contribution in [0, 0.1) is 12.3 Å². The van der Waals surface area contributed by atoms with Crippen LogP contribution < -0.4 is 5.43 Å². The molecular weight excluding hydrogens is 362 g/mol. The average molecular weight is 379 g/mol. The maximum absolute atomic E-state index is 12.4. The van der Waals surface area contributed by atoms with Gasteiger partial charge in [-0.1, -0.05) is 41.6 Å². The van der Waals surface area contributed by atoms with E-state index in [0.29, 0.717) is 11.0 Å². The van der Waals surface area contributed by atoms with Gasteiger partial charge in [0.15, 0.2) is 0 Å². The Morgan fingerprint density at radius 1 is 1.03 bits per heavy atom. The topological polar surface area (TPSA) is 76.5 Å². The van der Waals surface area contributed by atoms with Gasteiger partial charge in [-0.25, -0.2) is 9.67 Å². The summed E-state index contributed by atoms with van der Waals surface area (Å²) in [5.74, 6) is 0. The average Bonchev–Trinajstić information content (AvgIpc) is 3.17. The summed E-state index contributed by atoms with van der Waals surface area (Å²) in [5, 5.41) is 8.99. The van der Waals surface area contributed by atoms with Crippen molar-refractivity contribution in [1.29, 1.82) is 0 Å². The molecule has 0 aliphatic rings. The highest BCUT2D eigenvalue weighted by Crippen LogP contribution is 2.33. The van der Waals surface area contributed by atoms with Gasteiger partial charge < -0.3 is 0 Å². The Hall–Kier alpha value is -3.98. The molecular formula is C23H17N5O. The molecule has 0 aliphatic heterocycles. The van der Waals surface area contributed by atoms with Crippen molar-refractivity contribution >= 4 is 22.1 Å². The summed E-state index contributed by atoms with van der Waals surface area (Å²) in [6.45, 7) is 4.14. The lowest BCUT2D eigenvalue weighted by Gasteiger charge is -2.12. The number of hydrogen-bond donors (Lipinski definition) is 1. The molecule has 0 bridgehead atoms. The third-order valence-electron chi connectivity index (χ3n) is 4.94. The Balaban J connectivity index is 1.83. The minimum absolute atomic E-state index is 0.187. The number of aromatic amines is 1. The van der Waals surface area contributed by atoms with E-state index in [4.69, 9.17) is 4.98 Å². The minimum Gasteiger partial charge on any atom is -0.298 e. The summed E-state index contributed by atoms with van der Waals surface area (Å²) in [6.07, 6.45) is 2.64. The first-order chi connectivity index (χ1) is 14.1. The summed E-state index contributed by atoms with van der Waals surface area (Å²) in [4.78, 5) is 20.0. The highest BCUT2D eigenvalue weighted by molar-refractivity contribution is 5.92. The number of benzene rings is 2. The molecule has 3 heterocycles. The Morgan fingerprint density at radius 2 is 1.86 bits per heavy atom. The van der Waals surface area contributed by atoms with Crippen molar-refractivity contribution in [3.63, 3.8) is 0 Å². The molecule has 0 aliphatic carbocycles. The van der Waals surface area contributed by atoms with Crippen LogP contribution in [0.2, 0.25) is 0 Å². The van der Waals surface area contributed by atoms with Gasteiger partial charge in [-0.2, -0.15) is 0 Å². The SMILES string of the molecule is CC(C)n1nnc2ccc(-c3cc4c(=O)c#c[nH]c4nc3-c3ccccc3)cc21. The maximum Gasteiger partial charge on any atom is 0.241 e. The Kier molecular flexibility index (Phi) is 3.88. The zero-order valence-electron chi connectivity index (χ0n) is 16.0. The highest BCUT2D eigenvalue weighted by Gasteiger charge is 2.15. The van der Waals surface area contributed by atoms with E-state index in [9.17, 15) is 4.79 Å². The van der Waals surface area contributed by atoms with Crippen LogP contribution in [0.25, 0.3) is 44.5 Å². The van der Waals surface area contributed by atoms with Gasteiger partial charge in [0.05, 0.1) is 16.6 Å². The summed E-state index contributed by atoms with van der Waals surface area (Å²) >= 11 is 0. The van der Waals surface area contributed by atoms with E-state index in [2.05, 4.69) is 47.5 Å². The lowest BCUT2D eigenvalue weighted by molar-refractivity contribution is 0.530. The number of hydrogen-bond acceptors (Lipinski definition) is 4. The first kappa shape index (κ1) is 17.1. The van der Waals surface area contributed by atoms with Crippen molar-refractivity contribution < 1.29 is 0 Å². The van der Waals surface area contributed by atoms with Gasteiger partial charge in [-0.05, 0) is 37.6 Å². The summed E-state index contributed by atoms with van der Waals surface area (Å²) in [6, 6.07) is 20.5. The normalized spacial score (nSPS) is 11.3. The molecule has 6 heteroatoms. The molecule has 5 aromatic rings. The van der Waals surface area contributed by atoms with E-state index in [-0.39, 0.29) is 11.5 Å². The third-order valence-corrected chi connectivity index (χ3v) is 4.94. The quantitative estimate of drug-likeness (QED) is 0.510. The molecule has 0 radical (unpaired) electrons. The van der Waals surface area contributed by atoms with Crippen LogP contribution in [0.3, 0.4) is 0 Å². The first-order valence-corrected chi connectivity index (χ1v) is 9.39. The molecule has 0 saturated heterocycles. The second-order valence-electron chi connectivity index (χ2n) is 7.18. The highest BCUT2D eigenvalue weighted by atomic mass is 16.1. The van der Waals surface area contributed by atoms with Gasteiger partial charge >= 0.3 is 0 Å². The van der Waals surface area contributed by atoms with Crippen LogP contribution in [-0.2, 0) is 0 Å². The molecule has 0 fully saturated rings. The van der Waals surface area contributed by atoms with Crippen molar-refractivity contribution in [3.05, 3.63) is 77.1 Å². The molecule has 0 atom stereocenters. The van der Waals surface area contributed by atoms with E-state index in [1.165, 1.54) is 0 Å². The Labute approximate surface area is 166 Å². The molecule has 29 heavy (non-hydrogen) atoms. The molecule has 3 aromatic heterocycles. The fourth-order valence-corrected chi connectivity index (χ4v) is 3.52. The lowest BCUT2D eigenvalue weighted by atomic mass is 9.97. The van der Waals surface area contributed by atoms with Crippen molar-refractivity contribution in [3.8, 4) is 22.4 Å². The number of rotatable bonds is 3. The van der Waals surface area contributed by atoms with Crippen LogP contribution in [0.1, 0.15) is 19.9 Å². The number of nitrogens with one attached hydrogen (secondary N) is 1.